The molecule has 4 heterocycles. The monoisotopic (exact) mass is 518 g/mol. The topological polar surface area (TPSA) is 88.9 Å². The van der Waals surface area contributed by atoms with Crippen LogP contribution < -0.4 is 5.56 Å². The number of para-hydroxylation sites is 1. The van der Waals surface area contributed by atoms with E-state index in [1.807, 2.05) is 29.8 Å². The number of rotatable bonds is 8. The van der Waals surface area contributed by atoms with Crippen molar-refractivity contribution in [1.82, 2.24) is 30.1 Å². The van der Waals surface area contributed by atoms with Gasteiger partial charge in [-0.15, -0.1) is 16.4 Å². The van der Waals surface area contributed by atoms with Gasteiger partial charge in [0.15, 0.2) is 5.82 Å². The van der Waals surface area contributed by atoms with Gasteiger partial charge in [0, 0.05) is 30.1 Å². The lowest BCUT2D eigenvalue weighted by molar-refractivity contribution is 0.0571. The lowest BCUT2D eigenvalue weighted by Gasteiger charge is -2.33. The van der Waals surface area contributed by atoms with Gasteiger partial charge in [-0.3, -0.25) is 9.69 Å². The summed E-state index contributed by atoms with van der Waals surface area (Å²) in [6, 6.07) is 12.3. The predicted molar refractivity (Wildman–Crippen MR) is 145 cm³/mol. The van der Waals surface area contributed by atoms with E-state index in [4.69, 9.17) is 4.74 Å². The Kier molecular flexibility index (Phi) is 7.17. The van der Waals surface area contributed by atoms with Crippen LogP contribution in [0.2, 0.25) is 0 Å². The first-order valence-corrected chi connectivity index (χ1v) is 14.3. The van der Waals surface area contributed by atoms with Crippen molar-refractivity contribution in [1.29, 1.82) is 0 Å². The number of tetrazole rings is 1. The average Bonchev–Trinajstić information content (AvgIpc) is 3.70. The molecule has 194 valence electrons. The number of ether oxygens (including phenoxy) is 1. The van der Waals surface area contributed by atoms with Crippen LogP contribution in [0.1, 0.15) is 78.9 Å². The molecule has 0 bridgehead atoms. The molecule has 1 saturated carbocycles. The van der Waals surface area contributed by atoms with E-state index in [0.717, 1.165) is 54.6 Å². The molecule has 1 aromatic carbocycles. The van der Waals surface area contributed by atoms with Crippen LogP contribution in [0.15, 0.2) is 46.6 Å². The van der Waals surface area contributed by atoms with E-state index in [1.54, 1.807) is 11.3 Å². The first-order chi connectivity index (χ1) is 18.2. The molecule has 9 heteroatoms. The van der Waals surface area contributed by atoms with Crippen LogP contribution in [-0.2, 0) is 11.3 Å². The molecule has 3 aromatic heterocycles. The molecular formula is C28H34N6O2S. The Hall–Kier alpha value is -2.88. The molecule has 2 atom stereocenters. The van der Waals surface area contributed by atoms with Gasteiger partial charge >= 0.3 is 0 Å². The Morgan fingerprint density at radius 1 is 1.16 bits per heavy atom. The number of benzene rings is 1. The highest BCUT2D eigenvalue weighted by atomic mass is 32.1. The summed E-state index contributed by atoms with van der Waals surface area (Å²) in [6.07, 6.45) is 7.96. The minimum Gasteiger partial charge on any atom is -0.377 e. The van der Waals surface area contributed by atoms with Crippen molar-refractivity contribution in [2.45, 2.75) is 76.6 Å². The second-order valence-corrected chi connectivity index (χ2v) is 11.4. The van der Waals surface area contributed by atoms with Crippen LogP contribution in [0, 0.1) is 6.92 Å². The number of thiophene rings is 1. The zero-order valence-corrected chi connectivity index (χ0v) is 22.1. The molecule has 1 saturated heterocycles. The van der Waals surface area contributed by atoms with Gasteiger partial charge in [-0.05, 0) is 71.5 Å². The first kappa shape index (κ1) is 24.5. The Morgan fingerprint density at radius 3 is 2.84 bits per heavy atom. The van der Waals surface area contributed by atoms with Crippen molar-refractivity contribution in [3.63, 3.8) is 0 Å². The van der Waals surface area contributed by atoms with Crippen LogP contribution in [0.4, 0.5) is 0 Å². The Morgan fingerprint density at radius 2 is 2.05 bits per heavy atom. The van der Waals surface area contributed by atoms with E-state index < -0.39 is 6.04 Å². The van der Waals surface area contributed by atoms with E-state index in [-0.39, 0.29) is 17.7 Å². The molecule has 37 heavy (non-hydrogen) atoms. The maximum atomic E-state index is 13.8. The molecule has 4 aromatic rings. The third-order valence-electron chi connectivity index (χ3n) is 7.86. The van der Waals surface area contributed by atoms with Crippen LogP contribution in [0.3, 0.4) is 0 Å². The van der Waals surface area contributed by atoms with Gasteiger partial charge in [0.1, 0.15) is 6.04 Å². The van der Waals surface area contributed by atoms with Gasteiger partial charge < -0.3 is 9.72 Å². The first-order valence-electron chi connectivity index (χ1n) is 13.5. The molecule has 0 radical (unpaired) electrons. The third kappa shape index (κ3) is 5.12. The fourth-order valence-electron chi connectivity index (χ4n) is 5.98. The predicted octanol–water partition coefficient (Wildman–Crippen LogP) is 5.16. The molecule has 1 aliphatic carbocycles. The molecular weight excluding hydrogens is 484 g/mol. The van der Waals surface area contributed by atoms with Crippen LogP contribution in [-0.4, -0.2) is 49.3 Å². The molecule has 0 amide bonds. The van der Waals surface area contributed by atoms with Gasteiger partial charge in [-0.2, -0.15) is 0 Å². The van der Waals surface area contributed by atoms with Crippen molar-refractivity contribution in [3.8, 4) is 0 Å². The second kappa shape index (κ2) is 10.8. The van der Waals surface area contributed by atoms with Crippen molar-refractivity contribution in [2.24, 2.45) is 0 Å². The quantitative estimate of drug-likeness (QED) is 0.347. The number of aryl methyl sites for hydroxylation is 1. The van der Waals surface area contributed by atoms with Gasteiger partial charge in [-0.25, -0.2) is 4.68 Å². The fraction of sp³-hybridized carbons (Fsp3) is 0.500. The number of aromatic nitrogens is 5. The highest BCUT2D eigenvalue weighted by molar-refractivity contribution is 7.09. The number of pyridine rings is 1. The van der Waals surface area contributed by atoms with Gasteiger partial charge in [-0.1, -0.05) is 43.5 Å². The molecule has 0 spiro atoms. The summed E-state index contributed by atoms with van der Waals surface area (Å²) in [5, 5.41) is 16.4. The minimum absolute atomic E-state index is 0.0893. The summed E-state index contributed by atoms with van der Waals surface area (Å²) in [5.41, 5.74) is 2.53. The summed E-state index contributed by atoms with van der Waals surface area (Å²) in [5.74, 6) is 0.749. The molecule has 8 nitrogen and oxygen atoms in total. The number of fused-ring (bicyclic) bond motifs is 1. The summed E-state index contributed by atoms with van der Waals surface area (Å²) in [6.45, 7) is 4.23. The zero-order chi connectivity index (χ0) is 25.2. The second-order valence-electron chi connectivity index (χ2n) is 10.4. The van der Waals surface area contributed by atoms with Crippen molar-refractivity contribution in [3.05, 3.63) is 74.0 Å². The Labute approximate surface area is 220 Å². The molecule has 0 unspecified atom stereocenters. The van der Waals surface area contributed by atoms with E-state index >= 15 is 0 Å². The van der Waals surface area contributed by atoms with Crippen LogP contribution in [0.25, 0.3) is 10.9 Å². The molecule has 1 N–H and O–H groups in total. The van der Waals surface area contributed by atoms with E-state index in [2.05, 4.69) is 49.0 Å². The largest absolute Gasteiger partial charge is 0.377 e. The summed E-state index contributed by atoms with van der Waals surface area (Å²) in [7, 11) is 0. The van der Waals surface area contributed by atoms with E-state index in [0.29, 0.717) is 18.7 Å². The smallest absolute Gasteiger partial charge is 0.253 e. The Bertz CT molecular complexity index is 1390. The van der Waals surface area contributed by atoms with Crippen molar-refractivity contribution >= 4 is 22.2 Å². The summed E-state index contributed by atoms with van der Waals surface area (Å²) < 4.78 is 8.10. The fourth-order valence-corrected chi connectivity index (χ4v) is 6.71. The maximum absolute atomic E-state index is 13.8. The zero-order valence-electron chi connectivity index (χ0n) is 21.3. The van der Waals surface area contributed by atoms with Crippen LogP contribution >= 0.6 is 11.3 Å². The van der Waals surface area contributed by atoms with Gasteiger partial charge in [0.05, 0.1) is 17.7 Å². The van der Waals surface area contributed by atoms with Crippen molar-refractivity contribution < 1.29 is 4.74 Å². The molecule has 2 fully saturated rings. The van der Waals surface area contributed by atoms with Gasteiger partial charge in [0.25, 0.3) is 5.56 Å². The lowest BCUT2D eigenvalue weighted by atomic mass is 9.95. The lowest BCUT2D eigenvalue weighted by Crippen LogP contribution is -2.39. The van der Waals surface area contributed by atoms with Crippen LogP contribution in [0.5, 0.6) is 0 Å². The normalized spacial score (nSPS) is 19.7. The van der Waals surface area contributed by atoms with Crippen molar-refractivity contribution in [2.75, 3.05) is 13.2 Å². The number of hydrogen-bond donors (Lipinski definition) is 1. The number of nitrogens with zero attached hydrogens (tertiary/aromatic N) is 5. The highest BCUT2D eigenvalue weighted by Gasteiger charge is 2.35. The van der Waals surface area contributed by atoms with Gasteiger partial charge in [0.2, 0.25) is 0 Å². The summed E-state index contributed by atoms with van der Waals surface area (Å²) in [4.78, 5) is 20.6. The SMILES string of the molecule is Cc1cccc2cc([C@H](c3nnnn3C3CCCCC3)N(Cc3cccs3)C[C@H]3CCCO3)c(=O)[nH]c12. The minimum atomic E-state index is -0.392. The standard InChI is InChI=1S/C28H34N6O2S/c1-19-8-5-9-20-16-24(28(35)29-25(19)20)26(27-30-31-32-34(27)21-10-3-2-4-11-21)33(17-22-12-6-14-36-22)18-23-13-7-15-37-23/h5,7-9,13,15-16,21-22,26H,2-4,6,10-12,14,17-18H2,1H3,(H,29,35)/t22-,26-/m1/s1. The number of hydrogen-bond acceptors (Lipinski definition) is 7. The Balaban J connectivity index is 1.50. The molecule has 6 rings (SSSR count). The average molecular weight is 519 g/mol. The number of aromatic amines is 1. The molecule has 2 aliphatic rings. The summed E-state index contributed by atoms with van der Waals surface area (Å²) >= 11 is 1.73. The maximum Gasteiger partial charge on any atom is 0.253 e. The number of nitrogens with one attached hydrogen (secondary N) is 1. The van der Waals surface area contributed by atoms with E-state index in [1.165, 1.54) is 24.1 Å². The van der Waals surface area contributed by atoms with E-state index in [9.17, 15) is 4.79 Å². The highest BCUT2D eigenvalue weighted by Crippen LogP contribution is 2.35. The molecule has 1 aliphatic heterocycles. The number of H-pyrrole nitrogens is 1. The third-order valence-corrected chi connectivity index (χ3v) is 8.72.